The monoisotopic (exact) mass is 287 g/mol. The zero-order chi connectivity index (χ0) is 15.4. The smallest absolute Gasteiger partial charge is 0.303 e. The van der Waals surface area contributed by atoms with Crippen LogP contribution in [0.2, 0.25) is 0 Å². The number of rotatable bonds is 4. The fraction of sp³-hybridized carbons (Fsp3) is 0.562. The molecule has 0 aromatic carbocycles. The van der Waals surface area contributed by atoms with E-state index < -0.39 is 5.97 Å². The molecular weight excluding hydrogens is 266 g/mol. The van der Waals surface area contributed by atoms with Gasteiger partial charge in [-0.1, -0.05) is 6.92 Å². The van der Waals surface area contributed by atoms with Crippen LogP contribution in [0.1, 0.15) is 37.4 Å². The van der Waals surface area contributed by atoms with Crippen molar-refractivity contribution in [2.45, 2.75) is 33.1 Å². The maximum Gasteiger partial charge on any atom is 0.303 e. The first-order valence-corrected chi connectivity index (χ1v) is 7.35. The molecular formula is C16H21N3O2. The molecule has 0 bridgehead atoms. The minimum Gasteiger partial charge on any atom is -0.481 e. The quantitative estimate of drug-likeness (QED) is 0.921. The fourth-order valence-electron chi connectivity index (χ4n) is 3.00. The number of carboxylic acids is 1. The summed E-state index contributed by atoms with van der Waals surface area (Å²) in [6.45, 7) is 5.62. The average molecular weight is 287 g/mol. The standard InChI is InChI=1S/C16H21N3O2/c1-11(6-16(20)21)14-4-3-5-19(10-14)15-8-13(9-17)7-12(2)18-15/h7-8,11,14H,3-6,10H2,1-2H3,(H,20,21). The van der Waals surface area contributed by atoms with Gasteiger partial charge in [0.05, 0.1) is 11.6 Å². The van der Waals surface area contributed by atoms with Crippen LogP contribution in [-0.4, -0.2) is 29.1 Å². The Morgan fingerprint density at radius 3 is 3.05 bits per heavy atom. The highest BCUT2D eigenvalue weighted by Crippen LogP contribution is 2.29. The van der Waals surface area contributed by atoms with E-state index in [2.05, 4.69) is 16.0 Å². The third-order valence-corrected chi connectivity index (χ3v) is 4.15. The van der Waals surface area contributed by atoms with E-state index in [0.717, 1.165) is 37.4 Å². The Kier molecular flexibility index (Phi) is 4.79. The Balaban J connectivity index is 2.12. The van der Waals surface area contributed by atoms with E-state index in [0.29, 0.717) is 11.5 Å². The highest BCUT2D eigenvalue weighted by Gasteiger charge is 2.26. The zero-order valence-corrected chi connectivity index (χ0v) is 12.5. The number of carbonyl (C=O) groups is 1. The number of carboxylic acid groups (broad SMARTS) is 1. The molecule has 0 aliphatic carbocycles. The van der Waals surface area contributed by atoms with Crippen LogP contribution in [0.4, 0.5) is 5.82 Å². The molecule has 2 unspecified atom stereocenters. The normalized spacial score (nSPS) is 19.9. The maximum atomic E-state index is 10.9. The third kappa shape index (κ3) is 3.94. The van der Waals surface area contributed by atoms with Gasteiger partial charge in [-0.15, -0.1) is 0 Å². The second-order valence-corrected chi connectivity index (χ2v) is 5.89. The number of anilines is 1. The van der Waals surface area contributed by atoms with Crippen LogP contribution >= 0.6 is 0 Å². The summed E-state index contributed by atoms with van der Waals surface area (Å²) in [5.74, 6) is 0.618. The Labute approximate surface area is 125 Å². The van der Waals surface area contributed by atoms with E-state index in [9.17, 15) is 4.79 Å². The largest absolute Gasteiger partial charge is 0.481 e. The van der Waals surface area contributed by atoms with Gasteiger partial charge in [0.15, 0.2) is 0 Å². The summed E-state index contributed by atoms with van der Waals surface area (Å²) in [5.41, 5.74) is 1.46. The van der Waals surface area contributed by atoms with Crippen molar-refractivity contribution in [2.75, 3.05) is 18.0 Å². The molecule has 2 rings (SSSR count). The number of piperidine rings is 1. The van der Waals surface area contributed by atoms with Gasteiger partial charge in [-0.3, -0.25) is 4.79 Å². The highest BCUT2D eigenvalue weighted by molar-refractivity contribution is 5.67. The molecule has 5 nitrogen and oxygen atoms in total. The summed E-state index contributed by atoms with van der Waals surface area (Å²) < 4.78 is 0. The molecule has 1 saturated heterocycles. The number of aryl methyl sites for hydroxylation is 1. The Morgan fingerprint density at radius 1 is 1.62 bits per heavy atom. The summed E-state index contributed by atoms with van der Waals surface area (Å²) in [6, 6.07) is 5.76. The van der Waals surface area contributed by atoms with Crippen LogP contribution in [-0.2, 0) is 4.79 Å². The number of aromatic nitrogens is 1. The van der Waals surface area contributed by atoms with E-state index in [1.807, 2.05) is 19.9 Å². The molecule has 0 amide bonds. The van der Waals surface area contributed by atoms with Crippen molar-refractivity contribution in [3.05, 3.63) is 23.4 Å². The van der Waals surface area contributed by atoms with Crippen LogP contribution in [0.3, 0.4) is 0 Å². The first-order chi connectivity index (χ1) is 9.99. The van der Waals surface area contributed by atoms with Crippen molar-refractivity contribution in [2.24, 2.45) is 11.8 Å². The summed E-state index contributed by atoms with van der Waals surface area (Å²) in [5, 5.41) is 18.0. The summed E-state index contributed by atoms with van der Waals surface area (Å²) >= 11 is 0. The molecule has 1 aliphatic rings. The van der Waals surface area contributed by atoms with E-state index >= 15 is 0 Å². The van der Waals surface area contributed by atoms with Crippen molar-refractivity contribution < 1.29 is 9.90 Å². The Hall–Kier alpha value is -2.09. The van der Waals surface area contributed by atoms with E-state index in [1.54, 1.807) is 6.07 Å². The molecule has 112 valence electrons. The van der Waals surface area contributed by atoms with Gasteiger partial charge in [0, 0.05) is 25.2 Å². The van der Waals surface area contributed by atoms with Gasteiger partial charge < -0.3 is 10.0 Å². The van der Waals surface area contributed by atoms with Crippen molar-refractivity contribution in [3.63, 3.8) is 0 Å². The first-order valence-electron chi connectivity index (χ1n) is 7.35. The number of hydrogen-bond acceptors (Lipinski definition) is 4. The van der Waals surface area contributed by atoms with Gasteiger partial charge in [-0.2, -0.15) is 5.26 Å². The molecule has 1 fully saturated rings. The van der Waals surface area contributed by atoms with E-state index in [-0.39, 0.29) is 12.3 Å². The summed E-state index contributed by atoms with van der Waals surface area (Å²) in [7, 11) is 0. The maximum absolute atomic E-state index is 10.9. The van der Waals surface area contributed by atoms with Gasteiger partial charge in [-0.25, -0.2) is 4.98 Å². The van der Waals surface area contributed by atoms with Crippen LogP contribution in [0, 0.1) is 30.1 Å². The lowest BCUT2D eigenvalue weighted by molar-refractivity contribution is -0.138. The van der Waals surface area contributed by atoms with Gasteiger partial charge in [0.1, 0.15) is 5.82 Å². The van der Waals surface area contributed by atoms with E-state index in [4.69, 9.17) is 10.4 Å². The topological polar surface area (TPSA) is 77.2 Å². The summed E-state index contributed by atoms with van der Waals surface area (Å²) in [4.78, 5) is 17.6. The lowest BCUT2D eigenvalue weighted by atomic mass is 9.84. The van der Waals surface area contributed by atoms with Crippen molar-refractivity contribution >= 4 is 11.8 Å². The molecule has 2 heterocycles. The SMILES string of the molecule is Cc1cc(C#N)cc(N2CCCC(C(C)CC(=O)O)C2)n1. The number of aliphatic carboxylic acids is 1. The van der Waals surface area contributed by atoms with Gasteiger partial charge >= 0.3 is 5.97 Å². The molecule has 0 radical (unpaired) electrons. The lowest BCUT2D eigenvalue weighted by Crippen LogP contribution is -2.39. The zero-order valence-electron chi connectivity index (χ0n) is 12.5. The second kappa shape index (κ2) is 6.57. The molecule has 1 aromatic heterocycles. The molecule has 2 atom stereocenters. The molecule has 1 N–H and O–H groups in total. The number of nitriles is 1. The minimum absolute atomic E-state index is 0.158. The number of nitrogens with zero attached hydrogens (tertiary/aromatic N) is 3. The molecule has 1 aliphatic heterocycles. The van der Waals surface area contributed by atoms with Crippen LogP contribution in [0.25, 0.3) is 0 Å². The predicted molar refractivity (Wildman–Crippen MR) is 80.0 cm³/mol. The molecule has 0 saturated carbocycles. The Bertz CT molecular complexity index is 565. The second-order valence-electron chi connectivity index (χ2n) is 5.89. The van der Waals surface area contributed by atoms with Crippen molar-refractivity contribution in [1.29, 1.82) is 5.26 Å². The van der Waals surface area contributed by atoms with Gasteiger partial charge in [0.25, 0.3) is 0 Å². The van der Waals surface area contributed by atoms with Gasteiger partial charge in [0.2, 0.25) is 0 Å². The summed E-state index contributed by atoms with van der Waals surface area (Å²) in [6.07, 6.45) is 2.30. The van der Waals surface area contributed by atoms with Crippen LogP contribution in [0.5, 0.6) is 0 Å². The molecule has 0 spiro atoms. The highest BCUT2D eigenvalue weighted by atomic mass is 16.4. The first kappa shape index (κ1) is 15.3. The van der Waals surface area contributed by atoms with Crippen LogP contribution < -0.4 is 4.90 Å². The minimum atomic E-state index is -0.736. The number of hydrogen-bond donors (Lipinski definition) is 1. The van der Waals surface area contributed by atoms with E-state index in [1.165, 1.54) is 0 Å². The predicted octanol–water partition coefficient (Wildman–Crippen LogP) is 2.59. The molecule has 21 heavy (non-hydrogen) atoms. The molecule has 1 aromatic rings. The van der Waals surface area contributed by atoms with Crippen molar-refractivity contribution in [3.8, 4) is 6.07 Å². The Morgan fingerprint density at radius 2 is 2.38 bits per heavy atom. The fourth-order valence-corrected chi connectivity index (χ4v) is 3.00. The number of pyridine rings is 1. The van der Waals surface area contributed by atoms with Crippen molar-refractivity contribution in [1.82, 2.24) is 4.98 Å². The third-order valence-electron chi connectivity index (χ3n) is 4.15. The van der Waals surface area contributed by atoms with Crippen LogP contribution in [0.15, 0.2) is 12.1 Å². The van der Waals surface area contributed by atoms with Gasteiger partial charge in [-0.05, 0) is 43.7 Å². The molecule has 5 heteroatoms. The lowest BCUT2D eigenvalue weighted by Gasteiger charge is -2.36. The average Bonchev–Trinajstić information content (AvgIpc) is 2.46.